The van der Waals surface area contributed by atoms with Crippen molar-refractivity contribution >= 4 is 11.9 Å². The molecular formula is C44H72F15NO7. The third-order valence-electron chi connectivity index (χ3n) is 10.8. The van der Waals surface area contributed by atoms with Crippen LogP contribution >= 0.6 is 0 Å². The molecule has 0 fully saturated rings. The molecule has 0 spiro atoms. The minimum atomic E-state index is -5.62. The lowest BCUT2D eigenvalue weighted by atomic mass is 10.1. The molecule has 0 aromatic rings. The number of esters is 2. The third kappa shape index (κ3) is 33.0. The summed E-state index contributed by atoms with van der Waals surface area (Å²) in [5.41, 5.74) is 0. The predicted molar refractivity (Wildman–Crippen MR) is 219 cm³/mol. The Balaban J connectivity index is 4.31. The molecule has 8 nitrogen and oxygen atoms in total. The molecule has 0 aliphatic heterocycles. The number of aliphatic hydroxyl groups is 1. The molecule has 23 heteroatoms. The van der Waals surface area contributed by atoms with Crippen molar-refractivity contribution in [1.29, 1.82) is 0 Å². The van der Waals surface area contributed by atoms with Gasteiger partial charge in [0.1, 0.15) is 0 Å². The van der Waals surface area contributed by atoms with Crippen LogP contribution < -0.4 is 0 Å². The largest absolute Gasteiger partial charge is 0.466 e. The molecule has 0 unspecified atom stereocenters. The van der Waals surface area contributed by atoms with Crippen LogP contribution in [0.2, 0.25) is 0 Å². The average Bonchev–Trinajstić information content (AvgIpc) is 3.22. The monoisotopic (exact) mass is 1010 g/mol. The van der Waals surface area contributed by atoms with Crippen LogP contribution in [-0.2, 0) is 28.5 Å². The minimum Gasteiger partial charge on any atom is -0.466 e. The highest BCUT2D eigenvalue weighted by Gasteiger charge is 2.58. The molecule has 0 saturated carbocycles. The second kappa shape index (κ2) is 34.9. The Morgan fingerprint density at radius 3 is 1.07 bits per heavy atom. The number of hydrogen-bond acceptors (Lipinski definition) is 8. The lowest BCUT2D eigenvalue weighted by Gasteiger charge is -2.21. The Morgan fingerprint density at radius 1 is 0.388 bits per heavy atom. The van der Waals surface area contributed by atoms with Gasteiger partial charge < -0.3 is 29.0 Å². The van der Waals surface area contributed by atoms with E-state index in [1.807, 2.05) is 0 Å². The van der Waals surface area contributed by atoms with Crippen LogP contribution in [0.15, 0.2) is 0 Å². The molecule has 0 rings (SSSR count). The van der Waals surface area contributed by atoms with E-state index in [4.69, 9.17) is 18.9 Å². The van der Waals surface area contributed by atoms with Crippen molar-refractivity contribution in [1.82, 2.24) is 4.90 Å². The number of aliphatic hydroxyl groups excluding tert-OH is 1. The first-order valence-corrected chi connectivity index (χ1v) is 23.5. The smallest absolute Gasteiger partial charge is 0.453 e. The van der Waals surface area contributed by atoms with Gasteiger partial charge in [0.15, 0.2) is 6.29 Å². The van der Waals surface area contributed by atoms with Crippen molar-refractivity contribution in [2.24, 2.45) is 0 Å². The molecule has 0 saturated heterocycles. The molecule has 1 N–H and O–H groups in total. The molecule has 0 aliphatic carbocycles. The quantitative estimate of drug-likeness (QED) is 0.0279. The number of hydrogen-bond donors (Lipinski definition) is 1. The van der Waals surface area contributed by atoms with Crippen LogP contribution in [0, 0.1) is 0 Å². The molecule has 0 aromatic carbocycles. The normalized spacial score (nSPS) is 13.3. The Labute approximate surface area is 384 Å². The van der Waals surface area contributed by atoms with Crippen LogP contribution in [-0.4, -0.2) is 117 Å². The van der Waals surface area contributed by atoms with Gasteiger partial charge in [-0.05, 0) is 77.3 Å². The number of alkyl halides is 15. The van der Waals surface area contributed by atoms with Crippen LogP contribution in [0.4, 0.5) is 65.9 Å². The molecule has 67 heavy (non-hydrogen) atoms. The van der Waals surface area contributed by atoms with Gasteiger partial charge in [-0.15, -0.1) is 0 Å². The average molecular weight is 1010 g/mol. The van der Waals surface area contributed by atoms with E-state index in [0.717, 1.165) is 58.0 Å². The highest BCUT2D eigenvalue weighted by atomic mass is 19.4. The van der Waals surface area contributed by atoms with Gasteiger partial charge >= 0.3 is 48.2 Å². The Morgan fingerprint density at radius 2 is 0.701 bits per heavy atom. The first kappa shape index (κ1) is 64.7. The summed E-state index contributed by atoms with van der Waals surface area (Å²) in [6.45, 7) is 2.36. The fourth-order valence-corrected chi connectivity index (χ4v) is 6.63. The standard InChI is InChI=1S/C44H72F15NO7/c45-39(46,42(51,52)53)25-13-3-8-18-32-64-36(62)22-12-2-1-6-16-28-60(30-31-61)29-17-7-11-19-33-65-37(63)23-24-38(66-34-20-9-4-14-26-40(47,48)43(54,55)56)67-35-21-10-5-15-27-41(49,50)44(57,58)59/h38,61H,1-35H2. The fourth-order valence-electron chi connectivity index (χ4n) is 6.63. The first-order valence-electron chi connectivity index (χ1n) is 23.5. The Bertz CT molecular complexity index is 1220. The predicted octanol–water partition coefficient (Wildman–Crippen LogP) is 13.9. The van der Waals surface area contributed by atoms with E-state index < -0.39 is 67.8 Å². The van der Waals surface area contributed by atoms with Gasteiger partial charge in [-0.2, -0.15) is 65.9 Å². The van der Waals surface area contributed by atoms with Crippen molar-refractivity contribution < 1.29 is 99.5 Å². The van der Waals surface area contributed by atoms with E-state index in [-0.39, 0.29) is 110 Å². The third-order valence-corrected chi connectivity index (χ3v) is 10.8. The van der Waals surface area contributed by atoms with E-state index in [2.05, 4.69) is 4.90 Å². The molecule has 0 heterocycles. The number of nitrogens with zero attached hydrogens (tertiary/aromatic N) is 1. The number of ether oxygens (including phenoxy) is 4. The van der Waals surface area contributed by atoms with Crippen molar-refractivity contribution in [3.05, 3.63) is 0 Å². The molecule has 0 bridgehead atoms. The van der Waals surface area contributed by atoms with Crippen molar-refractivity contribution in [3.63, 3.8) is 0 Å². The minimum absolute atomic E-state index is 0.000795. The second-order valence-corrected chi connectivity index (χ2v) is 16.7. The summed E-state index contributed by atoms with van der Waals surface area (Å²) in [7, 11) is 0. The van der Waals surface area contributed by atoms with Gasteiger partial charge in [0.25, 0.3) is 0 Å². The zero-order valence-corrected chi connectivity index (χ0v) is 38.3. The van der Waals surface area contributed by atoms with Crippen LogP contribution in [0.3, 0.4) is 0 Å². The molecule has 0 radical (unpaired) electrons. The van der Waals surface area contributed by atoms with Gasteiger partial charge in [-0.1, -0.05) is 70.6 Å². The van der Waals surface area contributed by atoms with E-state index in [0.29, 0.717) is 45.1 Å². The fraction of sp³-hybridized carbons (Fsp3) is 0.955. The summed E-state index contributed by atoms with van der Waals surface area (Å²) >= 11 is 0. The van der Waals surface area contributed by atoms with Crippen molar-refractivity contribution in [2.45, 2.75) is 216 Å². The molecular weight excluding hydrogens is 939 g/mol. The number of halogens is 15. The summed E-state index contributed by atoms with van der Waals surface area (Å²) in [5.74, 6) is -15.2. The first-order chi connectivity index (χ1) is 31.3. The summed E-state index contributed by atoms with van der Waals surface area (Å²) in [6, 6.07) is 0. The molecule has 0 amide bonds. The van der Waals surface area contributed by atoms with Gasteiger partial charge in [0.2, 0.25) is 0 Å². The van der Waals surface area contributed by atoms with Gasteiger partial charge in [0.05, 0.1) is 26.2 Å². The summed E-state index contributed by atoms with van der Waals surface area (Å²) in [5, 5.41) is 9.47. The highest BCUT2D eigenvalue weighted by Crippen LogP contribution is 2.41. The number of unbranched alkanes of at least 4 members (excludes halogenated alkanes) is 16. The van der Waals surface area contributed by atoms with Gasteiger partial charge in [-0.3, -0.25) is 9.59 Å². The second-order valence-electron chi connectivity index (χ2n) is 16.7. The van der Waals surface area contributed by atoms with E-state index in [1.165, 1.54) is 0 Å². The number of carbonyl (C=O) groups is 2. The lowest BCUT2D eigenvalue weighted by molar-refractivity contribution is -0.284. The SMILES string of the molecule is O=C(CCCCCCCN(CCO)CCCCCCOC(=O)CCC(OCCCCCCC(F)(F)C(F)(F)F)OCCCCCCC(F)(F)C(F)(F)F)OCCCCCCC(F)(F)C(F)(F)F. The zero-order valence-electron chi connectivity index (χ0n) is 38.3. The topological polar surface area (TPSA) is 94.5 Å². The maximum atomic E-state index is 13.1. The van der Waals surface area contributed by atoms with Crippen molar-refractivity contribution in [3.8, 4) is 0 Å². The van der Waals surface area contributed by atoms with Crippen LogP contribution in [0.5, 0.6) is 0 Å². The van der Waals surface area contributed by atoms with Crippen molar-refractivity contribution in [2.75, 3.05) is 52.7 Å². The summed E-state index contributed by atoms with van der Waals surface area (Å²) in [6.07, 6.45) is -13.1. The summed E-state index contributed by atoms with van der Waals surface area (Å²) in [4.78, 5) is 26.5. The number of rotatable bonds is 43. The molecule has 0 aromatic heterocycles. The Kier molecular flexibility index (Phi) is 33.7. The van der Waals surface area contributed by atoms with Gasteiger partial charge in [-0.25, -0.2) is 0 Å². The van der Waals surface area contributed by atoms with Crippen LogP contribution in [0.25, 0.3) is 0 Å². The number of carbonyl (C=O) groups excluding carboxylic acids is 2. The molecule has 0 atom stereocenters. The maximum absolute atomic E-state index is 13.1. The lowest BCUT2D eigenvalue weighted by Crippen LogP contribution is -2.36. The molecule has 400 valence electrons. The van der Waals surface area contributed by atoms with E-state index >= 15 is 0 Å². The van der Waals surface area contributed by atoms with Crippen LogP contribution in [0.1, 0.15) is 173 Å². The van der Waals surface area contributed by atoms with Gasteiger partial charge in [0, 0.05) is 51.9 Å². The molecule has 0 aliphatic rings. The van der Waals surface area contributed by atoms with E-state index in [9.17, 15) is 80.6 Å². The zero-order chi connectivity index (χ0) is 50.9. The maximum Gasteiger partial charge on any atom is 0.453 e. The Hall–Kier alpha value is -2.27. The van der Waals surface area contributed by atoms with E-state index in [1.54, 1.807) is 0 Å². The summed E-state index contributed by atoms with van der Waals surface area (Å²) < 4.78 is 211. The highest BCUT2D eigenvalue weighted by molar-refractivity contribution is 5.69.